The van der Waals surface area contributed by atoms with Crippen molar-refractivity contribution in [3.8, 4) is 17.2 Å². The first-order chi connectivity index (χ1) is 21.6. The lowest BCUT2D eigenvalue weighted by Crippen LogP contribution is -2.45. The van der Waals surface area contributed by atoms with Gasteiger partial charge in [-0.15, -0.1) is 0 Å². The zero-order chi connectivity index (χ0) is 33.8. The predicted octanol–water partition coefficient (Wildman–Crippen LogP) is 6.31. The Labute approximate surface area is 275 Å². The van der Waals surface area contributed by atoms with Crippen molar-refractivity contribution in [1.29, 1.82) is 0 Å². The summed E-state index contributed by atoms with van der Waals surface area (Å²) in [6.45, 7) is 12.6. The number of benzene rings is 2. The number of nitrogens with zero attached hydrogens (tertiary/aromatic N) is 3. The van der Waals surface area contributed by atoms with Gasteiger partial charge in [0.25, 0.3) is 0 Å². The van der Waals surface area contributed by atoms with Crippen LogP contribution in [0.15, 0.2) is 48.0 Å². The van der Waals surface area contributed by atoms with Crippen LogP contribution in [0, 0.1) is 11.3 Å². The van der Waals surface area contributed by atoms with Crippen molar-refractivity contribution in [2.24, 2.45) is 11.3 Å². The molecule has 9 nitrogen and oxygen atoms in total. The maximum absolute atomic E-state index is 14.3. The first-order valence-electron chi connectivity index (χ1n) is 16.4. The second-order valence-electron chi connectivity index (χ2n) is 14.9. The first-order valence-corrected chi connectivity index (χ1v) is 16.4. The van der Waals surface area contributed by atoms with Gasteiger partial charge in [0.2, 0.25) is 18.4 Å². The zero-order valence-corrected chi connectivity index (χ0v) is 29.3. The molecule has 1 N–H and O–H groups in total. The molecule has 0 bridgehead atoms. The maximum Gasteiger partial charge on any atom is 0.308 e. The highest BCUT2D eigenvalue weighted by Gasteiger charge is 2.49. The molecule has 0 saturated carbocycles. The van der Waals surface area contributed by atoms with Gasteiger partial charge in [-0.05, 0) is 61.9 Å². The maximum atomic E-state index is 14.3. The molecule has 0 aromatic heterocycles. The summed E-state index contributed by atoms with van der Waals surface area (Å²) in [5, 5.41) is 10.8. The Balaban J connectivity index is 1.72. The van der Waals surface area contributed by atoms with Crippen molar-refractivity contribution in [3.63, 3.8) is 0 Å². The molecule has 2 aromatic carbocycles. The molecule has 4 rings (SSSR count). The highest BCUT2D eigenvalue weighted by Crippen LogP contribution is 2.48. The fourth-order valence-corrected chi connectivity index (χ4v) is 7.17. The number of amides is 1. The van der Waals surface area contributed by atoms with Crippen LogP contribution in [0.5, 0.6) is 17.2 Å². The van der Waals surface area contributed by atoms with Gasteiger partial charge in [0, 0.05) is 36.3 Å². The van der Waals surface area contributed by atoms with E-state index >= 15 is 0 Å². The number of hydrogen-bond donors (Lipinski definition) is 1. The Morgan fingerprint density at radius 2 is 1.89 bits per heavy atom. The van der Waals surface area contributed by atoms with E-state index < -0.39 is 11.9 Å². The minimum absolute atomic E-state index is 0.0195. The van der Waals surface area contributed by atoms with Crippen LogP contribution in [-0.2, 0) is 16.1 Å². The van der Waals surface area contributed by atoms with Crippen molar-refractivity contribution >= 4 is 17.6 Å². The molecular weight excluding hydrogens is 582 g/mol. The minimum Gasteiger partial charge on any atom is -0.493 e. The van der Waals surface area contributed by atoms with Gasteiger partial charge in [0.05, 0.1) is 40.7 Å². The summed E-state index contributed by atoms with van der Waals surface area (Å²) in [6.07, 6.45) is 4.63. The van der Waals surface area contributed by atoms with Gasteiger partial charge >= 0.3 is 5.97 Å². The number of hydrogen-bond acceptors (Lipinski definition) is 6. The number of carboxylic acid groups (broad SMARTS) is 1. The Morgan fingerprint density at radius 1 is 1.15 bits per heavy atom. The topological polar surface area (TPSA) is 88.5 Å². The summed E-state index contributed by atoms with van der Waals surface area (Å²) in [5.74, 6) is -0.404. The summed E-state index contributed by atoms with van der Waals surface area (Å²) in [7, 11) is 8.03. The molecule has 1 saturated heterocycles. The molecular formula is C37H54N3O6+. The largest absolute Gasteiger partial charge is 0.493 e. The molecule has 0 radical (unpaired) electrons. The molecule has 252 valence electrons. The summed E-state index contributed by atoms with van der Waals surface area (Å²) in [4.78, 5) is 31.5. The molecule has 2 aliphatic heterocycles. The minimum atomic E-state index is -0.870. The average molecular weight is 637 g/mol. The van der Waals surface area contributed by atoms with Gasteiger partial charge in [0.1, 0.15) is 6.54 Å². The molecule has 9 heteroatoms. The van der Waals surface area contributed by atoms with E-state index in [1.165, 1.54) is 11.1 Å². The average Bonchev–Trinajstić information content (AvgIpc) is 3.56. The van der Waals surface area contributed by atoms with E-state index in [1.807, 2.05) is 29.2 Å². The number of anilines is 1. The van der Waals surface area contributed by atoms with Gasteiger partial charge < -0.3 is 28.7 Å². The van der Waals surface area contributed by atoms with Crippen LogP contribution in [0.25, 0.3) is 0 Å². The third kappa shape index (κ3) is 8.62. The van der Waals surface area contributed by atoms with Gasteiger partial charge in [-0.2, -0.15) is 0 Å². The highest BCUT2D eigenvalue weighted by molar-refractivity contribution is 5.95. The van der Waals surface area contributed by atoms with Crippen LogP contribution in [0.1, 0.15) is 70.9 Å². The number of unbranched alkanes of at least 4 members (excludes halogenated alkanes) is 1. The fraction of sp³-hybridized carbons (Fsp3) is 0.568. The van der Waals surface area contributed by atoms with E-state index in [0.29, 0.717) is 36.8 Å². The second kappa shape index (κ2) is 14.5. The lowest BCUT2D eigenvalue weighted by Gasteiger charge is -2.34. The molecule has 3 unspecified atom stereocenters. The number of ether oxygens (including phenoxy) is 3. The number of carboxylic acids is 1. The third-order valence-corrected chi connectivity index (χ3v) is 8.81. The molecule has 2 aliphatic rings. The van der Waals surface area contributed by atoms with Gasteiger partial charge in [-0.3, -0.25) is 14.5 Å². The van der Waals surface area contributed by atoms with E-state index in [-0.39, 0.29) is 36.6 Å². The van der Waals surface area contributed by atoms with Crippen LogP contribution in [0.3, 0.4) is 0 Å². The van der Waals surface area contributed by atoms with Crippen molar-refractivity contribution < 1.29 is 33.4 Å². The van der Waals surface area contributed by atoms with Crippen molar-refractivity contribution in [2.45, 2.75) is 72.4 Å². The summed E-state index contributed by atoms with van der Waals surface area (Å²) < 4.78 is 17.7. The standard InChI is InChI=1S/C37H53N3O6/c1-10-11-15-39(28-14-12-13-26(16-28)23-40(6,7)8)33(41)22-38-21-29(27-17-31(44-9)35-32(18-27)45-24-46-35)34(36(42)43)30(38)20-37(4,5)19-25(2)3/h12-14,16-19,29-30,34H,10-11,15,20-24H2,1-9H3/p+1. The van der Waals surface area contributed by atoms with Crippen LogP contribution in [0.4, 0.5) is 5.69 Å². The molecule has 3 atom stereocenters. The molecule has 2 heterocycles. The smallest absolute Gasteiger partial charge is 0.308 e. The van der Waals surface area contributed by atoms with Crippen LogP contribution in [-0.4, -0.2) is 87.1 Å². The van der Waals surface area contributed by atoms with Crippen molar-refractivity contribution in [3.05, 3.63) is 59.2 Å². The molecule has 0 aliphatic carbocycles. The van der Waals surface area contributed by atoms with Gasteiger partial charge in [0.15, 0.2) is 11.5 Å². The molecule has 46 heavy (non-hydrogen) atoms. The quantitative estimate of drug-likeness (QED) is 0.192. The fourth-order valence-electron chi connectivity index (χ4n) is 7.17. The number of methoxy groups -OCH3 is 1. The van der Waals surface area contributed by atoms with E-state index in [0.717, 1.165) is 35.1 Å². The second-order valence-corrected chi connectivity index (χ2v) is 14.9. The zero-order valence-electron chi connectivity index (χ0n) is 29.3. The number of likely N-dealkylation sites (tertiary alicyclic amines) is 1. The number of fused-ring (bicyclic) bond motifs is 1. The van der Waals surface area contributed by atoms with E-state index in [1.54, 1.807) is 7.11 Å². The highest BCUT2D eigenvalue weighted by atomic mass is 16.7. The monoisotopic (exact) mass is 636 g/mol. The number of allylic oxidation sites excluding steroid dienone is 2. The van der Waals surface area contributed by atoms with Gasteiger partial charge in [-0.1, -0.05) is 51.0 Å². The van der Waals surface area contributed by atoms with E-state index in [4.69, 9.17) is 14.2 Å². The first kappa shape index (κ1) is 35.3. The normalized spacial score (nSPS) is 19.6. The lowest BCUT2D eigenvalue weighted by atomic mass is 9.77. The van der Waals surface area contributed by atoms with E-state index in [2.05, 4.69) is 78.9 Å². The Kier molecular flexibility index (Phi) is 11.1. The molecule has 0 spiro atoms. The van der Waals surface area contributed by atoms with Crippen molar-refractivity contribution in [1.82, 2.24) is 4.90 Å². The molecule has 1 fully saturated rings. The van der Waals surface area contributed by atoms with Crippen LogP contribution >= 0.6 is 0 Å². The molecule has 2 aromatic rings. The third-order valence-electron chi connectivity index (χ3n) is 8.81. The summed E-state index contributed by atoms with van der Waals surface area (Å²) in [6, 6.07) is 11.6. The number of quaternary nitrogens is 1. The molecule has 1 amide bonds. The number of carbonyl (C=O) groups is 2. The van der Waals surface area contributed by atoms with Gasteiger partial charge in [-0.25, -0.2) is 0 Å². The number of aliphatic carboxylic acids is 1. The summed E-state index contributed by atoms with van der Waals surface area (Å²) >= 11 is 0. The lowest BCUT2D eigenvalue weighted by molar-refractivity contribution is -0.884. The SMILES string of the molecule is CCCCN(C(=O)CN1CC(c2cc(OC)c3c(c2)OCO3)C(C(=O)O)C1CC(C)(C)C=C(C)C)c1cccc(C[N+](C)(C)C)c1. The van der Waals surface area contributed by atoms with Crippen LogP contribution in [0.2, 0.25) is 0 Å². The van der Waals surface area contributed by atoms with Crippen molar-refractivity contribution in [2.75, 3.05) is 59.6 Å². The Bertz CT molecular complexity index is 1420. The van der Waals surface area contributed by atoms with E-state index in [9.17, 15) is 14.7 Å². The van der Waals surface area contributed by atoms with Crippen LogP contribution < -0.4 is 19.1 Å². The number of carbonyl (C=O) groups excluding carboxylic acids is 1. The Morgan fingerprint density at radius 3 is 2.52 bits per heavy atom. The number of rotatable bonds is 14. The predicted molar refractivity (Wildman–Crippen MR) is 182 cm³/mol. The Hall–Kier alpha value is -3.56. The summed E-state index contributed by atoms with van der Waals surface area (Å²) in [5.41, 5.74) is 3.77.